The summed E-state index contributed by atoms with van der Waals surface area (Å²) in [7, 11) is -4.12. The second kappa shape index (κ2) is 12.7. The number of hydrogen-bond acceptors (Lipinski definition) is 4. The number of nitrogens with zero attached hydrogens (tertiary/aromatic N) is 2. The molecule has 3 aromatic rings. The zero-order valence-corrected chi connectivity index (χ0v) is 24.1. The molecule has 2 amide bonds. The minimum absolute atomic E-state index is 0.0147. The Morgan fingerprint density at radius 1 is 0.947 bits per heavy atom. The number of hydrogen-bond donors (Lipinski definition) is 1. The van der Waals surface area contributed by atoms with Crippen LogP contribution in [-0.2, 0) is 26.2 Å². The maximum absolute atomic E-state index is 13.9. The Kier molecular flexibility index (Phi) is 9.82. The predicted molar refractivity (Wildman–Crippen MR) is 152 cm³/mol. The highest BCUT2D eigenvalue weighted by Crippen LogP contribution is 2.27. The molecule has 0 aliphatic rings. The topological polar surface area (TPSA) is 86.8 Å². The van der Waals surface area contributed by atoms with Gasteiger partial charge in [-0.1, -0.05) is 53.5 Å². The van der Waals surface area contributed by atoms with Crippen molar-refractivity contribution >= 4 is 50.7 Å². The number of halogens is 2. The molecule has 0 radical (unpaired) electrons. The van der Waals surface area contributed by atoms with E-state index in [0.717, 1.165) is 15.4 Å². The van der Waals surface area contributed by atoms with Gasteiger partial charge in [0.15, 0.2) is 0 Å². The van der Waals surface area contributed by atoms with Crippen LogP contribution in [0.4, 0.5) is 5.69 Å². The van der Waals surface area contributed by atoms with E-state index >= 15 is 0 Å². The molecule has 1 atom stereocenters. The molecular weight excluding hydrogens is 545 g/mol. The van der Waals surface area contributed by atoms with Crippen molar-refractivity contribution in [2.45, 2.75) is 45.2 Å². The Morgan fingerprint density at radius 3 is 2.16 bits per heavy atom. The van der Waals surface area contributed by atoms with Gasteiger partial charge in [0.1, 0.15) is 12.6 Å². The van der Waals surface area contributed by atoms with Crippen molar-refractivity contribution in [2.24, 2.45) is 0 Å². The van der Waals surface area contributed by atoms with Crippen LogP contribution >= 0.6 is 23.2 Å². The Labute approximate surface area is 234 Å². The molecule has 0 aromatic heterocycles. The van der Waals surface area contributed by atoms with E-state index in [2.05, 4.69) is 5.32 Å². The van der Waals surface area contributed by atoms with Crippen molar-refractivity contribution in [2.75, 3.05) is 17.4 Å². The number of sulfonamides is 1. The van der Waals surface area contributed by atoms with E-state index in [1.165, 1.54) is 17.0 Å². The van der Waals surface area contributed by atoms with Gasteiger partial charge in [0, 0.05) is 23.1 Å². The van der Waals surface area contributed by atoms with Gasteiger partial charge < -0.3 is 10.2 Å². The van der Waals surface area contributed by atoms with Gasteiger partial charge in [-0.3, -0.25) is 13.9 Å². The highest BCUT2D eigenvalue weighted by atomic mass is 35.5. The van der Waals surface area contributed by atoms with E-state index in [0.29, 0.717) is 27.8 Å². The molecule has 1 N–H and O–H groups in total. The van der Waals surface area contributed by atoms with Crippen LogP contribution in [0.5, 0.6) is 0 Å². The van der Waals surface area contributed by atoms with Crippen LogP contribution in [0.3, 0.4) is 0 Å². The molecule has 38 heavy (non-hydrogen) atoms. The zero-order valence-electron chi connectivity index (χ0n) is 21.7. The third-order valence-electron chi connectivity index (χ3n) is 5.98. The quantitative estimate of drug-likeness (QED) is 0.352. The Balaban J connectivity index is 2.07. The summed E-state index contributed by atoms with van der Waals surface area (Å²) in [6, 6.07) is 17.3. The first kappa shape index (κ1) is 29.5. The van der Waals surface area contributed by atoms with Crippen molar-refractivity contribution in [3.8, 4) is 0 Å². The molecule has 0 fully saturated rings. The van der Waals surface area contributed by atoms with E-state index in [4.69, 9.17) is 23.2 Å². The summed E-state index contributed by atoms with van der Waals surface area (Å²) >= 11 is 12.4. The van der Waals surface area contributed by atoms with Crippen LogP contribution in [0.1, 0.15) is 30.5 Å². The van der Waals surface area contributed by atoms with Crippen LogP contribution in [0.25, 0.3) is 0 Å². The SMILES string of the molecule is CCNC(=O)[C@@H](C)N(Cc1ccc(Cl)cc1Cl)C(=O)CN(c1cc(C)cc(C)c1)S(=O)(=O)c1ccccc1. The van der Waals surface area contributed by atoms with E-state index in [1.807, 2.05) is 19.9 Å². The van der Waals surface area contributed by atoms with Crippen LogP contribution in [0.2, 0.25) is 10.0 Å². The average molecular weight is 577 g/mol. The summed E-state index contributed by atoms with van der Waals surface area (Å²) in [6.45, 7) is 6.94. The van der Waals surface area contributed by atoms with Crippen molar-refractivity contribution in [1.29, 1.82) is 0 Å². The zero-order chi connectivity index (χ0) is 28.0. The highest BCUT2D eigenvalue weighted by Gasteiger charge is 2.32. The summed E-state index contributed by atoms with van der Waals surface area (Å²) < 4.78 is 28.7. The molecule has 202 valence electrons. The molecular formula is C28H31Cl2N3O4S. The summed E-state index contributed by atoms with van der Waals surface area (Å²) in [4.78, 5) is 28.1. The second-order valence-electron chi connectivity index (χ2n) is 9.00. The predicted octanol–water partition coefficient (Wildman–Crippen LogP) is 5.36. The molecule has 3 rings (SSSR count). The van der Waals surface area contributed by atoms with Gasteiger partial charge in [0.2, 0.25) is 11.8 Å². The lowest BCUT2D eigenvalue weighted by atomic mass is 10.1. The fourth-order valence-electron chi connectivity index (χ4n) is 4.08. The summed E-state index contributed by atoms with van der Waals surface area (Å²) in [5.74, 6) is -0.928. The Hall–Kier alpha value is -3.07. The van der Waals surface area contributed by atoms with Gasteiger partial charge in [-0.15, -0.1) is 0 Å². The lowest BCUT2D eigenvalue weighted by molar-refractivity contribution is -0.139. The van der Waals surface area contributed by atoms with E-state index in [-0.39, 0.29) is 17.3 Å². The standard InChI is InChI=1S/C28H31Cl2N3O4S/c1-5-31-28(35)21(4)32(17-22-11-12-23(29)16-26(22)30)27(34)18-33(24-14-19(2)13-20(3)15-24)38(36,37)25-9-7-6-8-10-25/h6-16,21H,5,17-18H2,1-4H3,(H,31,35)/t21-/m1/s1. The number of anilines is 1. The molecule has 7 nitrogen and oxygen atoms in total. The molecule has 0 saturated heterocycles. The first-order chi connectivity index (χ1) is 17.9. The lowest BCUT2D eigenvalue weighted by Crippen LogP contribution is -2.51. The van der Waals surface area contributed by atoms with Crippen LogP contribution in [0.15, 0.2) is 71.6 Å². The van der Waals surface area contributed by atoms with Crippen LogP contribution < -0.4 is 9.62 Å². The van der Waals surface area contributed by atoms with Gasteiger partial charge >= 0.3 is 0 Å². The maximum atomic E-state index is 13.9. The van der Waals surface area contributed by atoms with E-state index in [1.54, 1.807) is 62.4 Å². The van der Waals surface area contributed by atoms with Crippen molar-refractivity contribution < 1.29 is 18.0 Å². The van der Waals surface area contributed by atoms with Gasteiger partial charge in [0.05, 0.1) is 10.6 Å². The number of amides is 2. The first-order valence-corrected chi connectivity index (χ1v) is 14.3. The van der Waals surface area contributed by atoms with Crippen molar-refractivity contribution in [3.05, 3.63) is 93.5 Å². The van der Waals surface area contributed by atoms with E-state index < -0.39 is 28.5 Å². The summed E-state index contributed by atoms with van der Waals surface area (Å²) in [6.07, 6.45) is 0. The fourth-order valence-corrected chi connectivity index (χ4v) is 5.97. The number of likely N-dealkylation sites (N-methyl/N-ethyl adjacent to an activating group) is 1. The van der Waals surface area contributed by atoms with Crippen LogP contribution in [0, 0.1) is 13.8 Å². The maximum Gasteiger partial charge on any atom is 0.264 e. The van der Waals surface area contributed by atoms with Crippen molar-refractivity contribution in [1.82, 2.24) is 10.2 Å². The molecule has 0 saturated carbocycles. The largest absolute Gasteiger partial charge is 0.355 e. The number of carbonyl (C=O) groups excluding carboxylic acids is 2. The average Bonchev–Trinajstić information content (AvgIpc) is 2.86. The molecule has 0 heterocycles. The van der Waals surface area contributed by atoms with Gasteiger partial charge in [0.25, 0.3) is 10.0 Å². The third-order valence-corrected chi connectivity index (χ3v) is 8.35. The first-order valence-electron chi connectivity index (χ1n) is 12.1. The Morgan fingerprint density at radius 2 is 1.58 bits per heavy atom. The second-order valence-corrected chi connectivity index (χ2v) is 11.7. The summed E-state index contributed by atoms with van der Waals surface area (Å²) in [5.41, 5.74) is 2.63. The summed E-state index contributed by atoms with van der Waals surface area (Å²) in [5, 5.41) is 3.50. The molecule has 0 unspecified atom stereocenters. The molecule has 10 heteroatoms. The van der Waals surface area contributed by atoms with Crippen molar-refractivity contribution in [3.63, 3.8) is 0 Å². The van der Waals surface area contributed by atoms with Gasteiger partial charge in [-0.2, -0.15) is 0 Å². The number of benzene rings is 3. The molecule has 0 spiro atoms. The van der Waals surface area contributed by atoms with Gasteiger partial charge in [-0.25, -0.2) is 8.42 Å². The number of rotatable bonds is 10. The Bertz CT molecular complexity index is 1390. The number of carbonyl (C=O) groups is 2. The highest BCUT2D eigenvalue weighted by molar-refractivity contribution is 7.92. The van der Waals surface area contributed by atoms with E-state index in [9.17, 15) is 18.0 Å². The smallest absolute Gasteiger partial charge is 0.264 e. The fraction of sp³-hybridized carbons (Fsp3) is 0.286. The molecule has 3 aromatic carbocycles. The minimum Gasteiger partial charge on any atom is -0.355 e. The number of aryl methyl sites for hydroxylation is 2. The monoisotopic (exact) mass is 575 g/mol. The van der Waals surface area contributed by atoms with Crippen LogP contribution in [-0.4, -0.2) is 44.3 Å². The molecule has 0 aliphatic heterocycles. The lowest BCUT2D eigenvalue weighted by Gasteiger charge is -2.32. The molecule has 0 bridgehead atoms. The minimum atomic E-state index is -4.12. The third kappa shape index (κ3) is 7.07. The van der Waals surface area contributed by atoms with Gasteiger partial charge in [-0.05, 0) is 80.8 Å². The molecule has 0 aliphatic carbocycles. The normalized spacial score (nSPS) is 12.1. The number of nitrogens with one attached hydrogen (secondary N) is 1.